The number of nitrogens with zero attached hydrogens (tertiary/aromatic N) is 1. The average molecular weight is 405 g/mol. The predicted octanol–water partition coefficient (Wildman–Crippen LogP) is 3.59. The number of carbonyl (C=O) groups is 1. The van der Waals surface area contributed by atoms with Crippen LogP contribution in [0.2, 0.25) is 5.02 Å². The molecule has 1 aliphatic carbocycles. The minimum atomic E-state index is -3.43. The molecule has 2 aromatic carbocycles. The summed E-state index contributed by atoms with van der Waals surface area (Å²) in [5.74, 6) is 0. The van der Waals surface area contributed by atoms with E-state index in [1.165, 1.54) is 5.56 Å². The molecule has 2 aliphatic rings. The van der Waals surface area contributed by atoms with Gasteiger partial charge in [-0.2, -0.15) is 0 Å². The molecule has 1 N–H and O–H groups in total. The van der Waals surface area contributed by atoms with Crippen molar-refractivity contribution >= 4 is 27.5 Å². The molecule has 0 bridgehead atoms. The Morgan fingerprint density at radius 3 is 2.67 bits per heavy atom. The average Bonchev–Trinajstić information content (AvgIpc) is 3.31. The maximum Gasteiger partial charge on any atom is 0.317 e. The number of urea groups is 1. The summed E-state index contributed by atoms with van der Waals surface area (Å²) in [4.78, 5) is 14.6. The number of hydrogen-bond donors (Lipinski definition) is 1. The first-order valence-electron chi connectivity index (χ1n) is 9.08. The number of benzene rings is 2. The number of rotatable bonds is 3. The van der Waals surface area contributed by atoms with Gasteiger partial charge in [-0.05, 0) is 54.7 Å². The van der Waals surface area contributed by atoms with Crippen LogP contribution < -0.4 is 5.32 Å². The van der Waals surface area contributed by atoms with Gasteiger partial charge < -0.3 is 10.2 Å². The van der Waals surface area contributed by atoms with E-state index < -0.39 is 15.1 Å². The van der Waals surface area contributed by atoms with Gasteiger partial charge in [0, 0.05) is 18.1 Å². The first-order chi connectivity index (χ1) is 12.9. The van der Waals surface area contributed by atoms with Gasteiger partial charge in [0.25, 0.3) is 0 Å². The second-order valence-electron chi connectivity index (χ2n) is 7.10. The van der Waals surface area contributed by atoms with Crippen LogP contribution in [-0.2, 0) is 16.3 Å². The minimum absolute atomic E-state index is 0.0732. The zero-order chi connectivity index (χ0) is 19.0. The van der Waals surface area contributed by atoms with E-state index >= 15 is 0 Å². The molecule has 27 heavy (non-hydrogen) atoms. The fraction of sp³-hybridized carbons (Fsp3) is 0.350. The molecule has 2 amide bonds. The topological polar surface area (TPSA) is 66.5 Å². The van der Waals surface area contributed by atoms with Gasteiger partial charge in [0.05, 0.1) is 16.2 Å². The van der Waals surface area contributed by atoms with Gasteiger partial charge in [0.1, 0.15) is 0 Å². The smallest absolute Gasteiger partial charge is 0.317 e. The molecule has 0 radical (unpaired) electrons. The molecule has 5 nitrogen and oxygen atoms in total. The molecule has 142 valence electrons. The van der Waals surface area contributed by atoms with Crippen LogP contribution >= 0.6 is 11.6 Å². The first kappa shape index (κ1) is 18.3. The van der Waals surface area contributed by atoms with Crippen LogP contribution in [0.1, 0.15) is 30.0 Å². The second-order valence-corrected chi connectivity index (χ2v) is 9.76. The highest BCUT2D eigenvalue weighted by Crippen LogP contribution is 2.33. The molecule has 2 unspecified atom stereocenters. The van der Waals surface area contributed by atoms with Crippen molar-refractivity contribution in [2.24, 2.45) is 0 Å². The lowest BCUT2D eigenvalue weighted by Gasteiger charge is -2.21. The Morgan fingerprint density at radius 1 is 1.11 bits per heavy atom. The van der Waals surface area contributed by atoms with E-state index in [4.69, 9.17) is 11.6 Å². The van der Waals surface area contributed by atoms with Gasteiger partial charge in [0.2, 0.25) is 0 Å². The van der Waals surface area contributed by atoms with Gasteiger partial charge in [-0.15, -0.1) is 0 Å². The van der Waals surface area contributed by atoms with E-state index in [1.807, 2.05) is 18.2 Å². The fourth-order valence-electron chi connectivity index (χ4n) is 3.93. The van der Waals surface area contributed by atoms with E-state index in [-0.39, 0.29) is 18.6 Å². The largest absolute Gasteiger partial charge is 0.331 e. The SMILES string of the molecule is O=C(NC1CCc2ccc(Cl)cc21)N1CCC(S(=O)(=O)c2ccccc2)C1. The van der Waals surface area contributed by atoms with Crippen LogP contribution in [0.4, 0.5) is 4.79 Å². The summed E-state index contributed by atoms with van der Waals surface area (Å²) in [5.41, 5.74) is 2.26. The first-order valence-corrected chi connectivity index (χ1v) is 11.0. The number of halogens is 1. The molecule has 4 rings (SSSR count). The third-order valence-electron chi connectivity index (χ3n) is 5.43. The Labute approximate surface area is 164 Å². The predicted molar refractivity (Wildman–Crippen MR) is 105 cm³/mol. The Morgan fingerprint density at radius 2 is 1.89 bits per heavy atom. The maximum atomic E-state index is 12.8. The summed E-state index contributed by atoms with van der Waals surface area (Å²) in [5, 5.41) is 3.15. The third-order valence-corrected chi connectivity index (χ3v) is 7.85. The lowest BCUT2D eigenvalue weighted by atomic mass is 10.1. The lowest BCUT2D eigenvalue weighted by molar-refractivity contribution is 0.204. The van der Waals surface area contributed by atoms with Crippen molar-refractivity contribution in [3.63, 3.8) is 0 Å². The van der Waals surface area contributed by atoms with Gasteiger partial charge in [-0.25, -0.2) is 13.2 Å². The van der Waals surface area contributed by atoms with Crippen LogP contribution in [0.15, 0.2) is 53.4 Å². The molecule has 2 aromatic rings. The van der Waals surface area contributed by atoms with Gasteiger partial charge in [-0.1, -0.05) is 35.9 Å². The molecular weight excluding hydrogens is 384 g/mol. The van der Waals surface area contributed by atoms with Crippen LogP contribution in [0, 0.1) is 0 Å². The number of carbonyl (C=O) groups excluding carboxylic acids is 1. The van der Waals surface area contributed by atoms with Crippen molar-refractivity contribution in [3.8, 4) is 0 Å². The number of sulfone groups is 1. The highest BCUT2D eigenvalue weighted by molar-refractivity contribution is 7.92. The summed E-state index contributed by atoms with van der Waals surface area (Å²) in [6.07, 6.45) is 2.20. The van der Waals surface area contributed by atoms with Gasteiger partial charge in [-0.3, -0.25) is 0 Å². The number of fused-ring (bicyclic) bond motifs is 1. The van der Waals surface area contributed by atoms with E-state index in [9.17, 15) is 13.2 Å². The van der Waals surface area contributed by atoms with Gasteiger partial charge in [0.15, 0.2) is 9.84 Å². The number of amides is 2. The zero-order valence-electron chi connectivity index (χ0n) is 14.8. The maximum absolute atomic E-state index is 12.8. The molecular formula is C20H21ClN2O3S. The molecule has 0 saturated carbocycles. The second kappa shape index (κ2) is 7.17. The number of nitrogens with one attached hydrogen (secondary N) is 1. The van der Waals surface area contributed by atoms with Crippen LogP contribution in [0.3, 0.4) is 0 Å². The van der Waals surface area contributed by atoms with Crippen molar-refractivity contribution in [3.05, 3.63) is 64.7 Å². The monoisotopic (exact) mass is 404 g/mol. The van der Waals surface area contributed by atoms with E-state index in [1.54, 1.807) is 35.2 Å². The number of hydrogen-bond acceptors (Lipinski definition) is 3. The Kier molecular flexibility index (Phi) is 4.86. The summed E-state index contributed by atoms with van der Waals surface area (Å²) >= 11 is 6.09. The van der Waals surface area contributed by atoms with Crippen molar-refractivity contribution in [2.45, 2.75) is 35.4 Å². The normalized spacial score (nSPS) is 21.9. The van der Waals surface area contributed by atoms with Crippen molar-refractivity contribution in [2.75, 3.05) is 13.1 Å². The quantitative estimate of drug-likeness (QED) is 0.850. The third kappa shape index (κ3) is 3.56. The minimum Gasteiger partial charge on any atom is -0.331 e. The Hall–Kier alpha value is -2.05. The molecule has 2 atom stereocenters. The molecule has 0 spiro atoms. The fourth-order valence-corrected chi connectivity index (χ4v) is 5.83. The molecule has 1 saturated heterocycles. The molecule has 1 fully saturated rings. The Bertz CT molecular complexity index is 962. The van der Waals surface area contributed by atoms with Gasteiger partial charge >= 0.3 is 6.03 Å². The Balaban J connectivity index is 1.43. The molecule has 1 heterocycles. The summed E-state index contributed by atoms with van der Waals surface area (Å²) in [6.45, 7) is 0.663. The summed E-state index contributed by atoms with van der Waals surface area (Å²) < 4.78 is 25.6. The van der Waals surface area contributed by atoms with Crippen LogP contribution in [0.25, 0.3) is 0 Å². The highest BCUT2D eigenvalue weighted by atomic mass is 35.5. The standard InChI is InChI=1S/C20H21ClN2O3S/c21-15-8-6-14-7-9-19(18(14)12-15)22-20(24)23-11-10-17(13-23)27(25,26)16-4-2-1-3-5-16/h1-6,8,12,17,19H,7,9-11,13H2,(H,22,24). The van der Waals surface area contributed by atoms with Crippen molar-refractivity contribution < 1.29 is 13.2 Å². The summed E-state index contributed by atoms with van der Waals surface area (Å²) in [7, 11) is -3.43. The van der Waals surface area contributed by atoms with Crippen LogP contribution in [-0.4, -0.2) is 37.7 Å². The zero-order valence-corrected chi connectivity index (χ0v) is 16.3. The highest BCUT2D eigenvalue weighted by Gasteiger charge is 2.37. The number of aryl methyl sites for hydroxylation is 1. The van der Waals surface area contributed by atoms with E-state index in [0.29, 0.717) is 22.9 Å². The molecule has 1 aliphatic heterocycles. The van der Waals surface area contributed by atoms with E-state index in [2.05, 4.69) is 5.32 Å². The number of likely N-dealkylation sites (tertiary alicyclic amines) is 1. The van der Waals surface area contributed by atoms with Crippen molar-refractivity contribution in [1.29, 1.82) is 0 Å². The summed E-state index contributed by atoms with van der Waals surface area (Å²) in [6, 6.07) is 13.9. The molecule has 7 heteroatoms. The van der Waals surface area contributed by atoms with Crippen molar-refractivity contribution in [1.82, 2.24) is 10.2 Å². The molecule has 0 aromatic heterocycles. The van der Waals surface area contributed by atoms with Crippen LogP contribution in [0.5, 0.6) is 0 Å². The van der Waals surface area contributed by atoms with E-state index in [0.717, 1.165) is 18.4 Å². The lowest BCUT2D eigenvalue weighted by Crippen LogP contribution is -2.41.